The number of aliphatic hydroxyl groups is 1. The second-order valence-corrected chi connectivity index (χ2v) is 6.99. The van der Waals surface area contributed by atoms with Gasteiger partial charge in [0.1, 0.15) is 11.6 Å². The number of aliphatic hydroxyl groups excluding tert-OH is 1. The molecule has 6 nitrogen and oxygen atoms in total. The largest absolute Gasteiger partial charge is 0.493 e. The van der Waals surface area contributed by atoms with E-state index in [4.69, 9.17) is 9.47 Å². The van der Waals surface area contributed by atoms with E-state index < -0.39 is 18.0 Å². The Morgan fingerprint density at radius 1 is 1.36 bits per heavy atom. The molecule has 1 aromatic heterocycles. The van der Waals surface area contributed by atoms with Crippen molar-refractivity contribution in [2.75, 3.05) is 20.8 Å². The van der Waals surface area contributed by atoms with E-state index in [1.54, 1.807) is 37.3 Å². The third kappa shape index (κ3) is 4.42. The van der Waals surface area contributed by atoms with Crippen molar-refractivity contribution in [3.05, 3.63) is 53.5 Å². The van der Waals surface area contributed by atoms with Gasteiger partial charge >= 0.3 is 5.97 Å². The fourth-order valence-electron chi connectivity index (χ4n) is 3.24. The quantitative estimate of drug-likeness (QED) is 0.699. The maximum absolute atomic E-state index is 14.0. The number of pyridine rings is 1. The number of methoxy groups -OCH3 is 2. The van der Waals surface area contributed by atoms with Crippen molar-refractivity contribution in [2.45, 2.75) is 25.4 Å². The second-order valence-electron chi connectivity index (χ2n) is 6.99. The number of hydrogen-bond acceptors (Lipinski definition) is 6. The van der Waals surface area contributed by atoms with Gasteiger partial charge in [0.05, 0.1) is 39.0 Å². The van der Waals surface area contributed by atoms with Crippen molar-refractivity contribution in [3.63, 3.8) is 0 Å². The van der Waals surface area contributed by atoms with Crippen LogP contribution in [0.5, 0.6) is 11.6 Å². The Kier molecular flexibility index (Phi) is 6.14. The number of benzene rings is 1. The molecular formula is C21H24FNO5. The molecule has 0 bridgehead atoms. The number of rotatable bonds is 8. The van der Waals surface area contributed by atoms with E-state index in [-0.39, 0.29) is 17.7 Å². The monoisotopic (exact) mass is 389 g/mol. The molecule has 4 atom stereocenters. The highest BCUT2D eigenvalue weighted by Crippen LogP contribution is 2.48. The molecule has 0 spiro atoms. The van der Waals surface area contributed by atoms with Crippen LogP contribution >= 0.6 is 0 Å². The second kappa shape index (κ2) is 8.56. The molecule has 1 heterocycles. The summed E-state index contributed by atoms with van der Waals surface area (Å²) >= 11 is 0. The number of halogens is 1. The van der Waals surface area contributed by atoms with Gasteiger partial charge in [-0.25, -0.2) is 9.37 Å². The topological polar surface area (TPSA) is 77.9 Å². The summed E-state index contributed by atoms with van der Waals surface area (Å²) < 4.78 is 29.6. The summed E-state index contributed by atoms with van der Waals surface area (Å²) in [6.07, 6.45) is 1.02. The number of carbonyl (C=O) groups is 1. The van der Waals surface area contributed by atoms with E-state index in [0.717, 1.165) is 6.42 Å². The van der Waals surface area contributed by atoms with Gasteiger partial charge in [0.2, 0.25) is 5.88 Å². The molecule has 0 saturated heterocycles. The van der Waals surface area contributed by atoms with Crippen LogP contribution in [0, 0.1) is 17.7 Å². The molecule has 1 aliphatic rings. The normalized spacial score (nSPS) is 20.2. The zero-order valence-corrected chi connectivity index (χ0v) is 16.1. The molecule has 1 fully saturated rings. The van der Waals surface area contributed by atoms with Crippen LogP contribution in [0.3, 0.4) is 0 Å². The molecule has 3 rings (SSSR count). The first-order valence-corrected chi connectivity index (χ1v) is 9.12. The predicted octanol–water partition coefficient (Wildman–Crippen LogP) is 3.25. The Morgan fingerprint density at radius 2 is 2.14 bits per heavy atom. The molecular weight excluding hydrogens is 365 g/mol. The lowest BCUT2D eigenvalue weighted by molar-refractivity contribution is -0.148. The van der Waals surface area contributed by atoms with Crippen LogP contribution < -0.4 is 9.47 Å². The van der Waals surface area contributed by atoms with Gasteiger partial charge in [-0.15, -0.1) is 0 Å². The molecule has 1 aliphatic carbocycles. The molecule has 1 aromatic carbocycles. The van der Waals surface area contributed by atoms with Gasteiger partial charge in [0.25, 0.3) is 0 Å². The lowest BCUT2D eigenvalue weighted by Crippen LogP contribution is -2.20. The summed E-state index contributed by atoms with van der Waals surface area (Å²) in [6, 6.07) is 8.61. The first kappa shape index (κ1) is 20.1. The van der Waals surface area contributed by atoms with E-state index >= 15 is 0 Å². The van der Waals surface area contributed by atoms with Gasteiger partial charge in [-0.05, 0) is 42.5 Å². The van der Waals surface area contributed by atoms with E-state index in [2.05, 4.69) is 9.72 Å². The lowest BCUT2D eigenvalue weighted by Gasteiger charge is -2.17. The van der Waals surface area contributed by atoms with Crippen LogP contribution in [-0.2, 0) is 9.53 Å². The molecule has 7 heteroatoms. The Morgan fingerprint density at radius 3 is 2.86 bits per heavy atom. The van der Waals surface area contributed by atoms with Crippen LogP contribution in [0.15, 0.2) is 36.5 Å². The smallest absolute Gasteiger partial charge is 0.311 e. The third-order valence-electron chi connectivity index (χ3n) is 5.10. The van der Waals surface area contributed by atoms with Gasteiger partial charge < -0.3 is 19.3 Å². The standard InChI is InChI=1S/C21H24FNO5/c1-12(21(25)27-3)20(24)13-5-4-6-15(7-13)28-11-14-8-16(14)17-9-19(26-2)23-10-18(17)22/h4-7,9-10,12,14,16,20,24H,8,11H2,1-3H3/t12-,14-,16+,20+/m0/s1. The molecule has 1 N–H and O–H groups in total. The van der Waals surface area contributed by atoms with Crippen molar-refractivity contribution < 1.29 is 28.5 Å². The lowest BCUT2D eigenvalue weighted by atomic mass is 9.97. The van der Waals surface area contributed by atoms with Crippen molar-refractivity contribution in [2.24, 2.45) is 11.8 Å². The zero-order chi connectivity index (χ0) is 20.3. The van der Waals surface area contributed by atoms with Crippen molar-refractivity contribution in [1.29, 1.82) is 0 Å². The highest BCUT2D eigenvalue weighted by Gasteiger charge is 2.41. The summed E-state index contributed by atoms with van der Waals surface area (Å²) in [5.41, 5.74) is 1.17. The van der Waals surface area contributed by atoms with Crippen molar-refractivity contribution in [1.82, 2.24) is 4.98 Å². The Labute approximate surface area is 163 Å². The van der Waals surface area contributed by atoms with Gasteiger partial charge in [-0.3, -0.25) is 4.79 Å². The average molecular weight is 389 g/mol. The molecule has 0 aliphatic heterocycles. The SMILES string of the molecule is COC(=O)[C@@H](C)[C@@H](O)c1cccc(OC[C@@H]2C[C@H]2c2cc(OC)ncc2F)c1. The van der Waals surface area contributed by atoms with Crippen LogP contribution in [0.25, 0.3) is 0 Å². The molecule has 28 heavy (non-hydrogen) atoms. The van der Waals surface area contributed by atoms with Gasteiger partial charge in [-0.2, -0.15) is 0 Å². The molecule has 2 aromatic rings. The van der Waals surface area contributed by atoms with Crippen LogP contribution in [0.2, 0.25) is 0 Å². The summed E-state index contributed by atoms with van der Waals surface area (Å²) in [7, 11) is 2.79. The van der Waals surface area contributed by atoms with E-state index in [0.29, 0.717) is 29.4 Å². The van der Waals surface area contributed by atoms with Gasteiger partial charge in [0.15, 0.2) is 0 Å². The fraction of sp³-hybridized carbons (Fsp3) is 0.429. The van der Waals surface area contributed by atoms with Crippen molar-refractivity contribution in [3.8, 4) is 11.6 Å². The number of aromatic nitrogens is 1. The molecule has 0 radical (unpaired) electrons. The van der Waals surface area contributed by atoms with Crippen molar-refractivity contribution >= 4 is 5.97 Å². The maximum Gasteiger partial charge on any atom is 0.311 e. The van der Waals surface area contributed by atoms with E-state index in [9.17, 15) is 14.3 Å². The summed E-state index contributed by atoms with van der Waals surface area (Å²) in [4.78, 5) is 15.5. The highest BCUT2D eigenvalue weighted by atomic mass is 19.1. The minimum absolute atomic E-state index is 0.0741. The molecule has 150 valence electrons. The number of carbonyl (C=O) groups excluding carboxylic acids is 1. The predicted molar refractivity (Wildman–Crippen MR) is 99.7 cm³/mol. The van der Waals surface area contributed by atoms with E-state index in [1.807, 2.05) is 0 Å². The number of hydrogen-bond donors (Lipinski definition) is 1. The maximum atomic E-state index is 14.0. The summed E-state index contributed by atoms with van der Waals surface area (Å²) in [5.74, 6) is -0.243. The average Bonchev–Trinajstić information content (AvgIpc) is 3.50. The number of ether oxygens (including phenoxy) is 3. The number of esters is 1. The van der Waals surface area contributed by atoms with Gasteiger partial charge in [-0.1, -0.05) is 12.1 Å². The fourth-order valence-corrected chi connectivity index (χ4v) is 3.24. The van der Waals surface area contributed by atoms with E-state index in [1.165, 1.54) is 20.4 Å². The Hall–Kier alpha value is -2.67. The Bertz CT molecular complexity index is 843. The first-order valence-electron chi connectivity index (χ1n) is 9.12. The minimum atomic E-state index is -0.983. The van der Waals surface area contributed by atoms with Crippen LogP contribution in [0.4, 0.5) is 4.39 Å². The molecule has 0 unspecified atom stereocenters. The minimum Gasteiger partial charge on any atom is -0.493 e. The molecule has 1 saturated carbocycles. The first-order chi connectivity index (χ1) is 13.4. The summed E-state index contributed by atoms with van der Waals surface area (Å²) in [5, 5.41) is 10.4. The highest BCUT2D eigenvalue weighted by molar-refractivity contribution is 5.72. The number of nitrogens with zero attached hydrogens (tertiary/aromatic N) is 1. The van der Waals surface area contributed by atoms with Gasteiger partial charge in [0, 0.05) is 12.0 Å². The van der Waals surface area contributed by atoms with Crippen LogP contribution in [-0.4, -0.2) is 36.9 Å². The Balaban J connectivity index is 1.60. The molecule has 0 amide bonds. The third-order valence-corrected chi connectivity index (χ3v) is 5.10. The summed E-state index contributed by atoms with van der Waals surface area (Å²) in [6.45, 7) is 2.04. The van der Waals surface area contributed by atoms with Crippen LogP contribution in [0.1, 0.15) is 36.5 Å². The zero-order valence-electron chi connectivity index (χ0n) is 16.1.